The van der Waals surface area contributed by atoms with E-state index in [-0.39, 0.29) is 23.6 Å². The van der Waals surface area contributed by atoms with Crippen LogP contribution in [0.5, 0.6) is 0 Å². The minimum absolute atomic E-state index is 0.0121. The van der Waals surface area contributed by atoms with Crippen molar-refractivity contribution in [2.24, 2.45) is 0 Å². The molecule has 0 unspecified atom stereocenters. The molecule has 0 spiro atoms. The molecule has 0 atom stereocenters. The van der Waals surface area contributed by atoms with Crippen LogP contribution in [0.2, 0.25) is 0 Å². The number of amides is 2. The molecule has 0 radical (unpaired) electrons. The Labute approximate surface area is 142 Å². The Hall–Kier alpha value is -2.69. The molecule has 1 N–H and O–H groups in total. The average Bonchev–Trinajstić information content (AvgIpc) is 2.55. The highest BCUT2D eigenvalue weighted by atomic mass is 16.2. The lowest BCUT2D eigenvalue weighted by Gasteiger charge is -2.21. The second-order valence-corrected chi connectivity index (χ2v) is 5.95. The van der Waals surface area contributed by atoms with Crippen LogP contribution in [0.25, 0.3) is 0 Å². The highest BCUT2D eigenvalue weighted by Crippen LogP contribution is 2.18. The van der Waals surface area contributed by atoms with E-state index in [1.165, 1.54) is 6.20 Å². The van der Waals surface area contributed by atoms with Crippen LogP contribution in [0.4, 0.5) is 5.69 Å². The number of aromatic nitrogens is 1. The molecule has 0 aliphatic rings. The summed E-state index contributed by atoms with van der Waals surface area (Å²) in [6, 6.07) is 11.0. The van der Waals surface area contributed by atoms with Crippen molar-refractivity contribution in [3.63, 3.8) is 0 Å². The predicted octanol–water partition coefficient (Wildman–Crippen LogP) is 3.19. The monoisotopic (exact) mass is 325 g/mol. The molecule has 24 heavy (non-hydrogen) atoms. The van der Waals surface area contributed by atoms with Crippen LogP contribution in [-0.2, 0) is 0 Å². The summed E-state index contributed by atoms with van der Waals surface area (Å²) in [6.07, 6.45) is 1.49. The van der Waals surface area contributed by atoms with Gasteiger partial charge < -0.3 is 10.2 Å². The van der Waals surface area contributed by atoms with Crippen molar-refractivity contribution in [2.75, 3.05) is 11.4 Å². The lowest BCUT2D eigenvalue weighted by Crippen LogP contribution is -2.32. The van der Waals surface area contributed by atoms with Gasteiger partial charge in [-0.15, -0.1) is 0 Å². The van der Waals surface area contributed by atoms with Crippen molar-refractivity contribution in [3.05, 3.63) is 59.4 Å². The third kappa shape index (κ3) is 4.19. The summed E-state index contributed by atoms with van der Waals surface area (Å²) in [5.74, 6) is -0.428. The Morgan fingerprint density at radius 2 is 1.96 bits per heavy atom. The standard InChI is InChI=1S/C19H23N3O2/c1-5-22(16-8-6-7-14(4)11-16)19(24)15-9-10-20-17(12-15)18(23)21-13(2)3/h6-13H,5H2,1-4H3,(H,21,23). The third-order valence-corrected chi connectivity index (χ3v) is 3.53. The number of anilines is 1. The highest BCUT2D eigenvalue weighted by molar-refractivity contribution is 6.07. The van der Waals surface area contributed by atoms with Gasteiger partial charge in [-0.2, -0.15) is 0 Å². The molecular weight excluding hydrogens is 302 g/mol. The zero-order valence-electron chi connectivity index (χ0n) is 14.5. The van der Waals surface area contributed by atoms with Crippen molar-refractivity contribution in [2.45, 2.75) is 33.7 Å². The molecule has 0 aliphatic heterocycles. The smallest absolute Gasteiger partial charge is 0.270 e. The van der Waals surface area contributed by atoms with E-state index in [0.29, 0.717) is 12.1 Å². The van der Waals surface area contributed by atoms with E-state index in [1.807, 2.05) is 52.0 Å². The van der Waals surface area contributed by atoms with Gasteiger partial charge in [0.05, 0.1) is 0 Å². The van der Waals surface area contributed by atoms with Gasteiger partial charge in [-0.25, -0.2) is 0 Å². The minimum Gasteiger partial charge on any atom is -0.349 e. The fourth-order valence-electron chi connectivity index (χ4n) is 2.42. The normalized spacial score (nSPS) is 10.5. The quantitative estimate of drug-likeness (QED) is 0.918. The number of nitrogens with one attached hydrogen (secondary N) is 1. The zero-order chi connectivity index (χ0) is 17.7. The van der Waals surface area contributed by atoms with Crippen LogP contribution in [0.3, 0.4) is 0 Å². The maximum Gasteiger partial charge on any atom is 0.270 e. The number of aryl methyl sites for hydroxylation is 1. The third-order valence-electron chi connectivity index (χ3n) is 3.53. The molecule has 1 aromatic carbocycles. The number of carbonyl (C=O) groups is 2. The minimum atomic E-state index is -0.279. The molecule has 2 amide bonds. The lowest BCUT2D eigenvalue weighted by molar-refractivity contribution is 0.0938. The van der Waals surface area contributed by atoms with Crippen LogP contribution >= 0.6 is 0 Å². The van der Waals surface area contributed by atoms with E-state index in [9.17, 15) is 9.59 Å². The largest absolute Gasteiger partial charge is 0.349 e. The lowest BCUT2D eigenvalue weighted by atomic mass is 10.1. The first-order valence-electron chi connectivity index (χ1n) is 8.07. The SMILES string of the molecule is CCN(C(=O)c1ccnc(C(=O)NC(C)C)c1)c1cccc(C)c1. The Morgan fingerprint density at radius 1 is 1.21 bits per heavy atom. The molecular formula is C19H23N3O2. The first-order chi connectivity index (χ1) is 11.4. The Balaban J connectivity index is 2.29. The van der Waals surface area contributed by atoms with E-state index >= 15 is 0 Å². The maximum absolute atomic E-state index is 12.9. The summed E-state index contributed by atoms with van der Waals surface area (Å²) in [5.41, 5.74) is 2.62. The molecule has 5 heteroatoms. The summed E-state index contributed by atoms with van der Waals surface area (Å²) >= 11 is 0. The zero-order valence-corrected chi connectivity index (χ0v) is 14.5. The second kappa shape index (κ2) is 7.73. The van der Waals surface area contributed by atoms with Gasteiger partial charge in [-0.1, -0.05) is 12.1 Å². The van der Waals surface area contributed by atoms with Crippen molar-refractivity contribution in [3.8, 4) is 0 Å². The summed E-state index contributed by atoms with van der Waals surface area (Å²) in [4.78, 5) is 30.7. The molecule has 2 aromatic rings. The molecule has 126 valence electrons. The molecule has 0 saturated heterocycles. The van der Waals surface area contributed by atoms with Crippen LogP contribution in [-0.4, -0.2) is 29.4 Å². The van der Waals surface area contributed by atoms with Gasteiger partial charge in [0, 0.05) is 30.0 Å². The fourth-order valence-corrected chi connectivity index (χ4v) is 2.42. The summed E-state index contributed by atoms with van der Waals surface area (Å²) < 4.78 is 0. The van der Waals surface area contributed by atoms with Crippen LogP contribution in [0.1, 0.15) is 47.2 Å². The number of nitrogens with zero attached hydrogens (tertiary/aromatic N) is 2. The van der Waals surface area contributed by atoms with E-state index in [4.69, 9.17) is 0 Å². The van der Waals surface area contributed by atoms with Crippen molar-refractivity contribution < 1.29 is 9.59 Å². The van der Waals surface area contributed by atoms with Gasteiger partial charge in [0.15, 0.2) is 0 Å². The van der Waals surface area contributed by atoms with Crippen LogP contribution in [0.15, 0.2) is 42.6 Å². The van der Waals surface area contributed by atoms with E-state index in [2.05, 4.69) is 10.3 Å². The van der Waals surface area contributed by atoms with Crippen molar-refractivity contribution in [1.29, 1.82) is 0 Å². The average molecular weight is 325 g/mol. The molecule has 0 fully saturated rings. The highest BCUT2D eigenvalue weighted by Gasteiger charge is 2.18. The number of hydrogen-bond donors (Lipinski definition) is 1. The first kappa shape index (κ1) is 17.7. The van der Waals surface area contributed by atoms with E-state index in [0.717, 1.165) is 11.3 Å². The molecule has 0 aliphatic carbocycles. The van der Waals surface area contributed by atoms with Gasteiger partial charge in [-0.05, 0) is 57.5 Å². The predicted molar refractivity (Wildman–Crippen MR) is 95.4 cm³/mol. The van der Waals surface area contributed by atoms with Gasteiger partial charge in [-0.3, -0.25) is 14.6 Å². The molecule has 1 aromatic heterocycles. The van der Waals surface area contributed by atoms with Gasteiger partial charge in [0.25, 0.3) is 11.8 Å². The number of carbonyl (C=O) groups excluding carboxylic acids is 2. The molecule has 0 bridgehead atoms. The molecule has 0 saturated carbocycles. The molecule has 1 heterocycles. The summed E-state index contributed by atoms with van der Waals surface area (Å²) in [7, 11) is 0. The van der Waals surface area contributed by atoms with Gasteiger partial charge in [0.1, 0.15) is 5.69 Å². The fraction of sp³-hybridized carbons (Fsp3) is 0.316. The molecule has 2 rings (SSSR count). The number of pyridine rings is 1. The summed E-state index contributed by atoms with van der Waals surface area (Å²) in [6.45, 7) is 8.21. The number of benzene rings is 1. The molecule has 5 nitrogen and oxygen atoms in total. The van der Waals surface area contributed by atoms with Crippen LogP contribution < -0.4 is 10.2 Å². The first-order valence-corrected chi connectivity index (χ1v) is 8.07. The van der Waals surface area contributed by atoms with E-state index in [1.54, 1.807) is 17.0 Å². The Morgan fingerprint density at radius 3 is 2.58 bits per heavy atom. The second-order valence-electron chi connectivity index (χ2n) is 5.95. The topological polar surface area (TPSA) is 62.3 Å². The van der Waals surface area contributed by atoms with Crippen LogP contribution in [0, 0.1) is 6.92 Å². The number of hydrogen-bond acceptors (Lipinski definition) is 3. The summed E-state index contributed by atoms with van der Waals surface area (Å²) in [5, 5.41) is 2.78. The van der Waals surface area contributed by atoms with E-state index < -0.39 is 0 Å². The van der Waals surface area contributed by atoms with Crippen molar-refractivity contribution >= 4 is 17.5 Å². The van der Waals surface area contributed by atoms with Gasteiger partial charge >= 0.3 is 0 Å². The Bertz CT molecular complexity index is 741. The Kier molecular flexibility index (Phi) is 5.68. The van der Waals surface area contributed by atoms with Crippen molar-refractivity contribution in [1.82, 2.24) is 10.3 Å². The maximum atomic E-state index is 12.9. The van der Waals surface area contributed by atoms with Gasteiger partial charge in [0.2, 0.25) is 0 Å². The number of rotatable bonds is 5.